The lowest BCUT2D eigenvalue weighted by Crippen LogP contribution is -2.37. The second-order valence-electron chi connectivity index (χ2n) is 4.73. The van der Waals surface area contributed by atoms with Crippen LogP contribution < -0.4 is 16.4 Å². The summed E-state index contributed by atoms with van der Waals surface area (Å²) in [5.74, 6) is 1.01. The van der Waals surface area contributed by atoms with Crippen LogP contribution >= 0.6 is 15.9 Å². The highest BCUT2D eigenvalue weighted by Gasteiger charge is 2.27. The molecule has 3 rings (SSSR count). The van der Waals surface area contributed by atoms with Gasteiger partial charge in [0.25, 0.3) is 0 Å². The first-order chi connectivity index (χ1) is 10.2. The van der Waals surface area contributed by atoms with E-state index in [0.29, 0.717) is 11.7 Å². The number of hydrogen-bond donors (Lipinski definition) is 2. The lowest BCUT2D eigenvalue weighted by atomic mass is 10.1. The van der Waals surface area contributed by atoms with Gasteiger partial charge in [-0.25, -0.2) is 4.99 Å². The minimum Gasteiger partial charge on any atom is -0.385 e. The minimum atomic E-state index is -0.269. The molecule has 0 bridgehead atoms. The van der Waals surface area contributed by atoms with Gasteiger partial charge in [-0.15, -0.1) is 0 Å². The van der Waals surface area contributed by atoms with E-state index in [2.05, 4.69) is 20.9 Å². The van der Waals surface area contributed by atoms with Crippen LogP contribution in [0.25, 0.3) is 0 Å². The smallest absolute Gasteiger partial charge is 0.154 e. The molecule has 0 saturated heterocycles. The van der Waals surface area contributed by atoms with Crippen LogP contribution in [-0.2, 0) is 0 Å². The first-order valence-corrected chi connectivity index (χ1v) is 7.35. The Morgan fingerprint density at radius 2 is 1.62 bits per heavy atom. The third kappa shape index (κ3) is 2.64. The molecule has 0 aromatic heterocycles. The van der Waals surface area contributed by atoms with Crippen LogP contribution in [0.2, 0.25) is 0 Å². The van der Waals surface area contributed by atoms with Gasteiger partial charge in [-0.3, -0.25) is 0 Å². The maximum absolute atomic E-state index is 6.20. The summed E-state index contributed by atoms with van der Waals surface area (Å²) in [5, 5.41) is 0. The lowest BCUT2D eigenvalue weighted by molar-refractivity contribution is 0.691. The van der Waals surface area contributed by atoms with Crippen LogP contribution in [0.1, 0.15) is 11.7 Å². The third-order valence-corrected chi connectivity index (χ3v) is 3.97. The molecule has 0 radical (unpaired) electrons. The molecule has 2 aromatic carbocycles. The number of rotatable bonds is 2. The van der Waals surface area contributed by atoms with Gasteiger partial charge >= 0.3 is 0 Å². The highest BCUT2D eigenvalue weighted by Crippen LogP contribution is 2.36. The molecule has 0 amide bonds. The Labute approximate surface area is 131 Å². The number of anilines is 1. The Kier molecular flexibility index (Phi) is 3.66. The van der Waals surface area contributed by atoms with E-state index in [-0.39, 0.29) is 6.17 Å². The summed E-state index contributed by atoms with van der Waals surface area (Å²) in [7, 11) is 0. The Balaban J connectivity index is 2.12. The second kappa shape index (κ2) is 5.61. The lowest BCUT2D eigenvalue weighted by Gasteiger charge is -2.34. The van der Waals surface area contributed by atoms with Crippen LogP contribution in [0.15, 0.2) is 76.0 Å². The Hall–Kier alpha value is -2.27. The average molecular weight is 343 g/mol. The number of para-hydroxylation sites is 1. The molecule has 5 heteroatoms. The van der Waals surface area contributed by atoms with Crippen molar-refractivity contribution in [1.29, 1.82) is 0 Å². The van der Waals surface area contributed by atoms with Crippen molar-refractivity contribution in [2.75, 3.05) is 4.90 Å². The number of nitrogens with zero attached hydrogens (tertiary/aromatic N) is 2. The van der Waals surface area contributed by atoms with E-state index < -0.39 is 0 Å². The molecular formula is C16H15BrN4. The van der Waals surface area contributed by atoms with Crippen molar-refractivity contribution < 1.29 is 0 Å². The largest absolute Gasteiger partial charge is 0.385 e. The fourth-order valence-corrected chi connectivity index (χ4v) is 2.84. The number of aliphatic imine (C=N–C) groups is 1. The fraction of sp³-hybridized carbons (Fsp3) is 0.0625. The van der Waals surface area contributed by atoms with E-state index in [1.165, 1.54) is 0 Å². The van der Waals surface area contributed by atoms with E-state index in [4.69, 9.17) is 11.5 Å². The quantitative estimate of drug-likeness (QED) is 0.880. The normalized spacial score (nSPS) is 18.1. The summed E-state index contributed by atoms with van der Waals surface area (Å²) in [5.41, 5.74) is 14.1. The number of amidine groups is 1. The standard InChI is InChI=1S/C16H15BrN4/c17-12-8-4-5-9-13(12)21-15(19)10-14(18)20-16(21)11-6-2-1-3-7-11/h1-10,16H,19H2,(H2,18,20)/t16-/m1/s1. The Morgan fingerprint density at radius 1 is 0.952 bits per heavy atom. The van der Waals surface area contributed by atoms with E-state index >= 15 is 0 Å². The van der Waals surface area contributed by atoms with Gasteiger partial charge in [0.1, 0.15) is 11.7 Å². The molecule has 0 unspecified atom stereocenters. The Bertz CT molecular complexity index is 709. The average Bonchev–Trinajstić information content (AvgIpc) is 2.49. The van der Waals surface area contributed by atoms with Crippen molar-refractivity contribution in [1.82, 2.24) is 0 Å². The van der Waals surface area contributed by atoms with Crippen LogP contribution in [0.5, 0.6) is 0 Å². The van der Waals surface area contributed by atoms with Crippen molar-refractivity contribution >= 4 is 27.5 Å². The summed E-state index contributed by atoms with van der Waals surface area (Å²) < 4.78 is 0.956. The summed E-state index contributed by atoms with van der Waals surface area (Å²) in [6, 6.07) is 17.9. The molecule has 1 aliphatic rings. The number of hydrogen-bond acceptors (Lipinski definition) is 4. The van der Waals surface area contributed by atoms with Gasteiger partial charge in [0.05, 0.1) is 5.69 Å². The molecule has 1 heterocycles. The number of halogens is 1. The van der Waals surface area contributed by atoms with E-state index in [1.54, 1.807) is 6.08 Å². The van der Waals surface area contributed by atoms with Crippen molar-refractivity contribution in [3.05, 3.63) is 76.5 Å². The van der Waals surface area contributed by atoms with Crippen molar-refractivity contribution in [2.24, 2.45) is 16.5 Å². The van der Waals surface area contributed by atoms with Crippen molar-refractivity contribution in [3.63, 3.8) is 0 Å². The minimum absolute atomic E-state index is 0.269. The van der Waals surface area contributed by atoms with Gasteiger partial charge < -0.3 is 16.4 Å². The molecule has 106 valence electrons. The zero-order valence-electron chi connectivity index (χ0n) is 11.3. The van der Waals surface area contributed by atoms with Crippen LogP contribution in [0.4, 0.5) is 5.69 Å². The molecule has 21 heavy (non-hydrogen) atoms. The van der Waals surface area contributed by atoms with Crippen LogP contribution in [-0.4, -0.2) is 5.84 Å². The maximum atomic E-state index is 6.20. The van der Waals surface area contributed by atoms with Crippen molar-refractivity contribution in [3.8, 4) is 0 Å². The predicted octanol–water partition coefficient (Wildman–Crippen LogP) is 3.13. The second-order valence-corrected chi connectivity index (χ2v) is 5.58. The molecule has 2 aromatic rings. The van der Waals surface area contributed by atoms with Gasteiger partial charge in [-0.05, 0) is 33.6 Å². The van der Waals surface area contributed by atoms with Gasteiger partial charge in [-0.1, -0.05) is 42.5 Å². The molecule has 0 saturated carbocycles. The highest BCUT2D eigenvalue weighted by atomic mass is 79.9. The fourth-order valence-electron chi connectivity index (χ4n) is 2.37. The molecule has 4 N–H and O–H groups in total. The molecule has 1 aliphatic heterocycles. The van der Waals surface area contributed by atoms with E-state index in [1.807, 2.05) is 59.5 Å². The topological polar surface area (TPSA) is 67.6 Å². The maximum Gasteiger partial charge on any atom is 0.154 e. The first kappa shape index (κ1) is 13.7. The zero-order chi connectivity index (χ0) is 14.8. The molecule has 0 fully saturated rings. The number of nitrogens with two attached hydrogens (primary N) is 2. The van der Waals surface area contributed by atoms with Crippen LogP contribution in [0.3, 0.4) is 0 Å². The molecule has 1 atom stereocenters. The summed E-state index contributed by atoms with van der Waals surface area (Å²) in [6.45, 7) is 0. The summed E-state index contributed by atoms with van der Waals surface area (Å²) in [4.78, 5) is 6.51. The SMILES string of the molecule is NC1=CC(N)=N[C@@H](c2ccccc2)N1c1ccccc1Br. The molecule has 4 nitrogen and oxygen atoms in total. The van der Waals surface area contributed by atoms with Gasteiger partial charge in [-0.2, -0.15) is 0 Å². The third-order valence-electron chi connectivity index (χ3n) is 3.30. The van der Waals surface area contributed by atoms with E-state index in [0.717, 1.165) is 15.7 Å². The summed E-state index contributed by atoms with van der Waals surface area (Å²) >= 11 is 3.57. The number of benzene rings is 2. The van der Waals surface area contributed by atoms with Crippen molar-refractivity contribution in [2.45, 2.75) is 6.17 Å². The predicted molar refractivity (Wildman–Crippen MR) is 89.7 cm³/mol. The van der Waals surface area contributed by atoms with Gasteiger partial charge in [0.2, 0.25) is 0 Å². The van der Waals surface area contributed by atoms with Gasteiger partial charge in [0.15, 0.2) is 6.17 Å². The van der Waals surface area contributed by atoms with Crippen LogP contribution in [0, 0.1) is 0 Å². The first-order valence-electron chi connectivity index (χ1n) is 6.56. The Morgan fingerprint density at radius 3 is 2.33 bits per heavy atom. The van der Waals surface area contributed by atoms with Gasteiger partial charge in [0, 0.05) is 10.5 Å². The van der Waals surface area contributed by atoms with E-state index in [9.17, 15) is 0 Å². The molecule has 0 aliphatic carbocycles. The monoisotopic (exact) mass is 342 g/mol. The molecular weight excluding hydrogens is 328 g/mol. The molecule has 0 spiro atoms. The zero-order valence-corrected chi connectivity index (χ0v) is 12.9. The highest BCUT2D eigenvalue weighted by molar-refractivity contribution is 9.10. The summed E-state index contributed by atoms with van der Waals surface area (Å²) in [6.07, 6.45) is 1.41.